The minimum atomic E-state index is -4.16. The normalized spacial score (nSPS) is 12.0. The second-order valence-electron chi connectivity index (χ2n) is 3.73. The molecule has 0 atom stereocenters. The number of nitrogens with one attached hydrogen (secondary N) is 1. The SMILES string of the molecule is Fc1ccc2nc(NCCCC(F)(F)F)nn2c1. The van der Waals surface area contributed by atoms with Crippen LogP contribution in [0.1, 0.15) is 12.8 Å². The van der Waals surface area contributed by atoms with Gasteiger partial charge in [0, 0.05) is 13.0 Å². The summed E-state index contributed by atoms with van der Waals surface area (Å²) in [6.07, 6.45) is -3.93. The first-order chi connectivity index (χ1) is 8.44. The number of pyridine rings is 1. The molecule has 1 N–H and O–H groups in total. The van der Waals surface area contributed by atoms with E-state index in [4.69, 9.17) is 0 Å². The van der Waals surface area contributed by atoms with Gasteiger partial charge in [0.2, 0.25) is 5.95 Å². The van der Waals surface area contributed by atoms with E-state index in [0.717, 1.165) is 6.20 Å². The molecular weight excluding hydrogens is 252 g/mol. The van der Waals surface area contributed by atoms with Crippen LogP contribution in [0, 0.1) is 5.82 Å². The number of aromatic nitrogens is 3. The summed E-state index contributed by atoms with van der Waals surface area (Å²) in [6, 6.07) is 2.67. The van der Waals surface area contributed by atoms with Crippen LogP contribution < -0.4 is 5.32 Å². The lowest BCUT2D eigenvalue weighted by molar-refractivity contribution is -0.134. The van der Waals surface area contributed by atoms with E-state index < -0.39 is 18.4 Å². The summed E-state index contributed by atoms with van der Waals surface area (Å²) in [7, 11) is 0. The second-order valence-corrected chi connectivity index (χ2v) is 3.73. The average Bonchev–Trinajstić information content (AvgIpc) is 2.65. The molecule has 2 aromatic rings. The summed E-state index contributed by atoms with van der Waals surface area (Å²) >= 11 is 0. The zero-order chi connectivity index (χ0) is 13.2. The summed E-state index contributed by atoms with van der Waals surface area (Å²) in [5.74, 6) is -0.279. The molecule has 0 saturated heterocycles. The van der Waals surface area contributed by atoms with Crippen LogP contribution in [0.3, 0.4) is 0 Å². The summed E-state index contributed by atoms with van der Waals surface area (Å²) in [4.78, 5) is 3.98. The Morgan fingerprint density at radius 3 is 2.78 bits per heavy atom. The van der Waals surface area contributed by atoms with Gasteiger partial charge in [-0.15, -0.1) is 5.10 Å². The topological polar surface area (TPSA) is 42.2 Å². The zero-order valence-electron chi connectivity index (χ0n) is 9.21. The zero-order valence-corrected chi connectivity index (χ0v) is 9.21. The van der Waals surface area contributed by atoms with Gasteiger partial charge < -0.3 is 5.32 Å². The first kappa shape index (κ1) is 12.6. The molecule has 0 aliphatic carbocycles. The Morgan fingerprint density at radius 1 is 1.28 bits per heavy atom. The summed E-state index contributed by atoms with van der Waals surface area (Å²) in [6.45, 7) is 0.110. The van der Waals surface area contributed by atoms with Crippen molar-refractivity contribution in [3.63, 3.8) is 0 Å². The average molecular weight is 262 g/mol. The van der Waals surface area contributed by atoms with Gasteiger partial charge in [-0.1, -0.05) is 0 Å². The van der Waals surface area contributed by atoms with E-state index in [2.05, 4.69) is 15.4 Å². The lowest BCUT2D eigenvalue weighted by Crippen LogP contribution is -2.11. The van der Waals surface area contributed by atoms with Crippen LogP contribution in [-0.2, 0) is 0 Å². The molecule has 4 nitrogen and oxygen atoms in total. The molecule has 0 unspecified atom stereocenters. The van der Waals surface area contributed by atoms with Crippen molar-refractivity contribution in [3.8, 4) is 0 Å². The van der Waals surface area contributed by atoms with Crippen LogP contribution >= 0.6 is 0 Å². The van der Waals surface area contributed by atoms with Gasteiger partial charge in [0.1, 0.15) is 5.82 Å². The maximum atomic E-state index is 12.8. The van der Waals surface area contributed by atoms with E-state index in [1.807, 2.05) is 0 Å². The number of alkyl halides is 3. The molecule has 0 spiro atoms. The third-order valence-corrected chi connectivity index (χ3v) is 2.22. The van der Waals surface area contributed by atoms with Gasteiger partial charge in [-0.2, -0.15) is 18.2 Å². The molecule has 2 aromatic heterocycles. The van der Waals surface area contributed by atoms with Crippen molar-refractivity contribution in [3.05, 3.63) is 24.1 Å². The number of rotatable bonds is 4. The quantitative estimate of drug-likeness (QED) is 0.680. The Balaban J connectivity index is 1.92. The molecule has 0 aliphatic heterocycles. The molecule has 0 aromatic carbocycles. The molecular formula is C10H10F4N4. The van der Waals surface area contributed by atoms with Crippen LogP contribution in [0.15, 0.2) is 18.3 Å². The van der Waals surface area contributed by atoms with Gasteiger partial charge >= 0.3 is 6.18 Å². The van der Waals surface area contributed by atoms with Crippen molar-refractivity contribution in [2.75, 3.05) is 11.9 Å². The molecule has 2 heterocycles. The van der Waals surface area contributed by atoms with Crippen molar-refractivity contribution >= 4 is 11.6 Å². The highest BCUT2D eigenvalue weighted by atomic mass is 19.4. The monoisotopic (exact) mass is 262 g/mol. The minimum absolute atomic E-state index is 0.0621. The van der Waals surface area contributed by atoms with E-state index >= 15 is 0 Å². The van der Waals surface area contributed by atoms with Crippen molar-refractivity contribution < 1.29 is 17.6 Å². The molecule has 0 saturated carbocycles. The first-order valence-corrected chi connectivity index (χ1v) is 5.27. The predicted octanol–water partition coefficient (Wildman–Crippen LogP) is 2.62. The number of anilines is 1. The molecule has 0 amide bonds. The maximum absolute atomic E-state index is 12.8. The summed E-state index contributed by atoms with van der Waals surface area (Å²) < 4.78 is 49.7. The van der Waals surface area contributed by atoms with Gasteiger partial charge in [-0.25, -0.2) is 8.91 Å². The summed E-state index contributed by atoms with van der Waals surface area (Å²) in [5.41, 5.74) is 0.426. The van der Waals surface area contributed by atoms with Crippen molar-refractivity contribution in [2.24, 2.45) is 0 Å². The van der Waals surface area contributed by atoms with Gasteiger partial charge in [-0.3, -0.25) is 0 Å². The fourth-order valence-corrected chi connectivity index (χ4v) is 1.42. The predicted molar refractivity (Wildman–Crippen MR) is 56.7 cm³/mol. The molecule has 2 rings (SSSR count). The van der Waals surface area contributed by atoms with Crippen LogP contribution in [0.2, 0.25) is 0 Å². The van der Waals surface area contributed by atoms with Crippen LogP contribution in [-0.4, -0.2) is 27.3 Å². The van der Waals surface area contributed by atoms with Crippen LogP contribution in [0.25, 0.3) is 5.65 Å². The van der Waals surface area contributed by atoms with E-state index in [9.17, 15) is 17.6 Å². The Bertz CT molecular complexity index is 534. The number of hydrogen-bond donors (Lipinski definition) is 1. The lowest BCUT2D eigenvalue weighted by Gasteiger charge is -2.05. The fraction of sp³-hybridized carbons (Fsp3) is 0.400. The van der Waals surface area contributed by atoms with E-state index in [1.54, 1.807) is 0 Å². The first-order valence-electron chi connectivity index (χ1n) is 5.27. The Hall–Kier alpha value is -1.86. The number of hydrogen-bond acceptors (Lipinski definition) is 3. The molecule has 8 heteroatoms. The largest absolute Gasteiger partial charge is 0.389 e. The fourth-order valence-electron chi connectivity index (χ4n) is 1.42. The van der Waals surface area contributed by atoms with Crippen LogP contribution in [0.5, 0.6) is 0 Å². The Morgan fingerprint density at radius 2 is 2.06 bits per heavy atom. The van der Waals surface area contributed by atoms with Crippen molar-refractivity contribution in [1.29, 1.82) is 0 Å². The number of fused-ring (bicyclic) bond motifs is 1. The van der Waals surface area contributed by atoms with Gasteiger partial charge in [0.25, 0.3) is 0 Å². The highest BCUT2D eigenvalue weighted by Gasteiger charge is 2.25. The minimum Gasteiger partial charge on any atom is -0.353 e. The Labute approximate surface area is 99.6 Å². The molecule has 18 heavy (non-hydrogen) atoms. The number of nitrogens with zero attached hydrogens (tertiary/aromatic N) is 3. The molecule has 0 aliphatic rings. The number of halogens is 4. The Kier molecular flexibility index (Phi) is 3.35. The third kappa shape index (κ3) is 3.31. The van der Waals surface area contributed by atoms with Crippen molar-refractivity contribution in [2.45, 2.75) is 19.0 Å². The van der Waals surface area contributed by atoms with Gasteiger partial charge in [0.15, 0.2) is 5.65 Å². The smallest absolute Gasteiger partial charge is 0.353 e. The van der Waals surface area contributed by atoms with Crippen molar-refractivity contribution in [1.82, 2.24) is 14.6 Å². The molecule has 0 bridgehead atoms. The highest BCUT2D eigenvalue weighted by Crippen LogP contribution is 2.21. The summed E-state index contributed by atoms with van der Waals surface area (Å²) in [5, 5.41) is 6.54. The molecule has 0 radical (unpaired) electrons. The van der Waals surface area contributed by atoms with Gasteiger partial charge in [-0.05, 0) is 18.6 Å². The van der Waals surface area contributed by atoms with E-state index in [-0.39, 0.29) is 18.9 Å². The maximum Gasteiger partial charge on any atom is 0.389 e. The van der Waals surface area contributed by atoms with Gasteiger partial charge in [0.05, 0.1) is 6.20 Å². The standard InChI is InChI=1S/C10H10F4N4/c11-7-2-3-8-16-9(17-18(8)6-7)15-5-1-4-10(12,13)14/h2-3,6H,1,4-5H2,(H,15,17). The molecule has 98 valence electrons. The van der Waals surface area contributed by atoms with E-state index in [0.29, 0.717) is 5.65 Å². The highest BCUT2D eigenvalue weighted by molar-refractivity contribution is 5.42. The third-order valence-electron chi connectivity index (χ3n) is 2.22. The lowest BCUT2D eigenvalue weighted by atomic mass is 10.3. The second kappa shape index (κ2) is 4.79. The van der Waals surface area contributed by atoms with E-state index in [1.165, 1.54) is 16.6 Å². The van der Waals surface area contributed by atoms with Crippen LogP contribution in [0.4, 0.5) is 23.5 Å². The molecule has 0 fully saturated rings.